The summed E-state index contributed by atoms with van der Waals surface area (Å²) in [4.78, 5) is 3.63. The summed E-state index contributed by atoms with van der Waals surface area (Å²) in [6.45, 7) is 0. The number of anilines is 3. The zero-order chi connectivity index (χ0) is 29.3. The Hall–Kier alpha value is -5.44. The van der Waals surface area contributed by atoms with Gasteiger partial charge in [0, 0.05) is 26.6 Å². The lowest BCUT2D eigenvalue weighted by Gasteiger charge is -2.26. The summed E-state index contributed by atoms with van der Waals surface area (Å²) in [7, 11) is 0. The van der Waals surface area contributed by atoms with Crippen molar-refractivity contribution in [3.8, 4) is 32.7 Å². The van der Waals surface area contributed by atoms with Gasteiger partial charge in [-0.1, -0.05) is 121 Å². The lowest BCUT2D eigenvalue weighted by atomic mass is 10.0. The summed E-state index contributed by atoms with van der Waals surface area (Å²) in [6.07, 6.45) is 0. The highest BCUT2D eigenvalue weighted by Gasteiger charge is 2.14. The van der Waals surface area contributed by atoms with Crippen LogP contribution in [0, 0.1) is 0 Å². The van der Waals surface area contributed by atoms with E-state index in [1.807, 2.05) is 11.3 Å². The van der Waals surface area contributed by atoms with E-state index in [9.17, 15) is 0 Å². The first-order valence-corrected chi connectivity index (χ1v) is 15.7. The molecule has 44 heavy (non-hydrogen) atoms. The van der Waals surface area contributed by atoms with Crippen LogP contribution in [-0.4, -0.2) is 0 Å². The molecule has 0 aliphatic rings. The van der Waals surface area contributed by atoms with Gasteiger partial charge in [-0.2, -0.15) is 0 Å². The van der Waals surface area contributed by atoms with Gasteiger partial charge in [-0.3, -0.25) is 0 Å². The molecule has 208 valence electrons. The fraction of sp³-hybridized carbons (Fsp3) is 0. The van der Waals surface area contributed by atoms with E-state index in [4.69, 9.17) is 0 Å². The van der Waals surface area contributed by atoms with Crippen LogP contribution in [0.1, 0.15) is 0 Å². The molecule has 7 aromatic carbocycles. The predicted octanol–water partition coefficient (Wildman–Crippen LogP) is 12.5. The first-order valence-electron chi connectivity index (χ1n) is 14.9. The van der Waals surface area contributed by atoms with Crippen LogP contribution in [0.15, 0.2) is 176 Å². The molecule has 0 radical (unpaired) electrons. The lowest BCUT2D eigenvalue weighted by molar-refractivity contribution is 1.28. The van der Waals surface area contributed by atoms with Crippen molar-refractivity contribution in [2.24, 2.45) is 0 Å². The van der Waals surface area contributed by atoms with Crippen molar-refractivity contribution < 1.29 is 0 Å². The van der Waals surface area contributed by atoms with E-state index in [2.05, 4.69) is 181 Å². The average Bonchev–Trinajstić information content (AvgIpc) is 3.54. The Balaban J connectivity index is 1.17. The number of rotatable bonds is 6. The number of nitrogens with zero attached hydrogens (tertiary/aromatic N) is 1. The van der Waals surface area contributed by atoms with Gasteiger partial charge in [-0.25, -0.2) is 0 Å². The van der Waals surface area contributed by atoms with Crippen LogP contribution in [-0.2, 0) is 0 Å². The van der Waals surface area contributed by atoms with Gasteiger partial charge in [-0.15, -0.1) is 11.3 Å². The van der Waals surface area contributed by atoms with Crippen molar-refractivity contribution in [2.45, 2.75) is 0 Å². The maximum Gasteiger partial charge on any atom is 0.0462 e. The van der Waals surface area contributed by atoms with E-state index in [1.54, 1.807) is 0 Å². The van der Waals surface area contributed by atoms with Gasteiger partial charge in [-0.05, 0) is 98.6 Å². The SMILES string of the molecule is c1ccc(-c2ccc(N(c3ccc(-c4ccc5ccccc5c4)cc3)c3ccc(-c4cc5ccccc5s4)cc3)cc2)cc1. The molecular weight excluding hydrogens is 551 g/mol. The quantitative estimate of drug-likeness (QED) is 0.189. The summed E-state index contributed by atoms with van der Waals surface area (Å²) < 4.78 is 1.32. The standard InChI is InChI=1S/C42H29NS/c1-2-8-30(9-3-1)32-16-22-38(23-17-32)43(40-26-20-34(21-27-40)42-29-37-12-6-7-13-41(37)44-42)39-24-18-33(19-25-39)36-15-14-31-10-4-5-11-35(31)28-36/h1-29H. The minimum atomic E-state index is 1.12. The third kappa shape index (κ3) is 5.06. The maximum absolute atomic E-state index is 2.34. The third-order valence-electron chi connectivity index (χ3n) is 8.28. The van der Waals surface area contributed by atoms with Crippen LogP contribution < -0.4 is 4.90 Å². The van der Waals surface area contributed by atoms with Gasteiger partial charge in [0.05, 0.1) is 0 Å². The van der Waals surface area contributed by atoms with Gasteiger partial charge >= 0.3 is 0 Å². The Labute approximate surface area is 261 Å². The third-order valence-corrected chi connectivity index (χ3v) is 9.44. The van der Waals surface area contributed by atoms with Crippen molar-refractivity contribution in [3.63, 3.8) is 0 Å². The highest BCUT2D eigenvalue weighted by Crippen LogP contribution is 2.39. The minimum absolute atomic E-state index is 1.12. The van der Waals surface area contributed by atoms with E-state index in [-0.39, 0.29) is 0 Å². The fourth-order valence-corrected chi connectivity index (χ4v) is 7.02. The molecule has 8 rings (SSSR count). The summed E-state index contributed by atoms with van der Waals surface area (Å²) in [5.74, 6) is 0. The number of hydrogen-bond donors (Lipinski definition) is 0. The average molecular weight is 580 g/mol. The number of thiophene rings is 1. The van der Waals surface area contributed by atoms with Crippen molar-refractivity contribution in [3.05, 3.63) is 176 Å². The molecule has 0 amide bonds. The zero-order valence-electron chi connectivity index (χ0n) is 24.1. The van der Waals surface area contributed by atoms with Crippen molar-refractivity contribution in [1.82, 2.24) is 0 Å². The van der Waals surface area contributed by atoms with Crippen molar-refractivity contribution >= 4 is 49.3 Å². The molecule has 8 aromatic rings. The molecule has 0 aliphatic carbocycles. The van der Waals surface area contributed by atoms with E-state index in [1.165, 1.54) is 53.6 Å². The zero-order valence-corrected chi connectivity index (χ0v) is 24.9. The molecule has 0 atom stereocenters. The first kappa shape index (κ1) is 26.2. The Bertz CT molecular complexity index is 2160. The molecule has 1 nitrogen and oxygen atoms in total. The molecule has 0 saturated carbocycles. The monoisotopic (exact) mass is 579 g/mol. The summed E-state index contributed by atoms with van der Waals surface area (Å²) >= 11 is 1.84. The number of fused-ring (bicyclic) bond motifs is 2. The second kappa shape index (κ2) is 11.3. The molecule has 0 bridgehead atoms. The Morgan fingerprint density at radius 2 is 0.795 bits per heavy atom. The second-order valence-corrected chi connectivity index (χ2v) is 12.1. The fourth-order valence-electron chi connectivity index (χ4n) is 5.95. The highest BCUT2D eigenvalue weighted by molar-refractivity contribution is 7.22. The first-order chi connectivity index (χ1) is 21.8. The van der Waals surface area contributed by atoms with Crippen LogP contribution in [0.4, 0.5) is 17.1 Å². The Morgan fingerprint density at radius 1 is 0.318 bits per heavy atom. The molecule has 0 aliphatic heterocycles. The lowest BCUT2D eigenvalue weighted by Crippen LogP contribution is -2.09. The smallest absolute Gasteiger partial charge is 0.0462 e. The molecule has 0 spiro atoms. The largest absolute Gasteiger partial charge is 0.311 e. The second-order valence-electron chi connectivity index (χ2n) is 11.1. The van der Waals surface area contributed by atoms with Crippen LogP contribution in [0.3, 0.4) is 0 Å². The molecule has 2 heteroatoms. The van der Waals surface area contributed by atoms with Gasteiger partial charge in [0.2, 0.25) is 0 Å². The Kier molecular flexibility index (Phi) is 6.75. The van der Waals surface area contributed by atoms with Gasteiger partial charge in [0.25, 0.3) is 0 Å². The van der Waals surface area contributed by atoms with Crippen LogP contribution in [0.25, 0.3) is 53.6 Å². The van der Waals surface area contributed by atoms with Crippen LogP contribution in [0.5, 0.6) is 0 Å². The number of hydrogen-bond acceptors (Lipinski definition) is 2. The Morgan fingerprint density at radius 3 is 1.43 bits per heavy atom. The molecule has 1 heterocycles. The van der Waals surface area contributed by atoms with Crippen LogP contribution >= 0.6 is 11.3 Å². The van der Waals surface area contributed by atoms with Crippen molar-refractivity contribution in [1.29, 1.82) is 0 Å². The van der Waals surface area contributed by atoms with Crippen molar-refractivity contribution in [2.75, 3.05) is 4.90 Å². The van der Waals surface area contributed by atoms with Gasteiger partial charge in [0.15, 0.2) is 0 Å². The summed E-state index contributed by atoms with van der Waals surface area (Å²) in [5.41, 5.74) is 9.47. The maximum atomic E-state index is 2.34. The van der Waals surface area contributed by atoms with E-state index in [0.29, 0.717) is 0 Å². The molecule has 0 fully saturated rings. The molecule has 0 unspecified atom stereocenters. The molecule has 0 N–H and O–H groups in total. The summed E-state index contributed by atoms with van der Waals surface area (Å²) in [5, 5.41) is 3.81. The number of benzene rings is 7. The van der Waals surface area contributed by atoms with E-state index < -0.39 is 0 Å². The molecule has 1 aromatic heterocycles. The van der Waals surface area contributed by atoms with Crippen LogP contribution in [0.2, 0.25) is 0 Å². The predicted molar refractivity (Wildman–Crippen MR) is 190 cm³/mol. The molecular formula is C42H29NS. The normalized spacial score (nSPS) is 11.2. The summed E-state index contributed by atoms with van der Waals surface area (Å²) in [6, 6.07) is 63.4. The highest BCUT2D eigenvalue weighted by atomic mass is 32.1. The minimum Gasteiger partial charge on any atom is -0.311 e. The van der Waals surface area contributed by atoms with Gasteiger partial charge < -0.3 is 4.90 Å². The van der Waals surface area contributed by atoms with Gasteiger partial charge in [0.1, 0.15) is 0 Å². The van der Waals surface area contributed by atoms with E-state index in [0.717, 1.165) is 17.1 Å². The van der Waals surface area contributed by atoms with E-state index >= 15 is 0 Å². The molecule has 0 saturated heterocycles. The topological polar surface area (TPSA) is 3.24 Å².